The molecule has 1 atom stereocenters. The Morgan fingerprint density at radius 1 is 1.25 bits per heavy atom. The Bertz CT molecular complexity index is 485. The van der Waals surface area contributed by atoms with Crippen LogP contribution in [0.1, 0.15) is 50.8 Å². The number of methoxy groups -OCH3 is 2. The molecule has 0 aliphatic carbocycles. The number of rotatable bonds is 4. The molecule has 0 amide bonds. The average Bonchev–Trinajstić information content (AvgIpc) is 2.41. The van der Waals surface area contributed by atoms with Gasteiger partial charge in [0, 0.05) is 12.0 Å². The van der Waals surface area contributed by atoms with E-state index in [0.29, 0.717) is 6.54 Å². The lowest BCUT2D eigenvalue weighted by Crippen LogP contribution is -2.43. The van der Waals surface area contributed by atoms with Crippen molar-refractivity contribution < 1.29 is 14.7 Å². The minimum atomic E-state index is -0.117. The number of hydrogen-bond acceptors (Lipinski definition) is 4. The maximum atomic E-state index is 10.3. The molecule has 1 aromatic carbocycles. The summed E-state index contributed by atoms with van der Waals surface area (Å²) < 4.78 is 10.8. The zero-order chi connectivity index (χ0) is 14.9. The van der Waals surface area contributed by atoms with Gasteiger partial charge in [-0.1, -0.05) is 27.2 Å². The van der Waals surface area contributed by atoms with Crippen molar-refractivity contribution >= 4 is 0 Å². The van der Waals surface area contributed by atoms with Gasteiger partial charge >= 0.3 is 0 Å². The van der Waals surface area contributed by atoms with Crippen LogP contribution in [-0.4, -0.2) is 31.0 Å². The smallest absolute Gasteiger partial charge is 0.161 e. The van der Waals surface area contributed by atoms with Gasteiger partial charge in [-0.15, -0.1) is 0 Å². The molecule has 0 fully saturated rings. The molecule has 0 aromatic heterocycles. The van der Waals surface area contributed by atoms with Crippen molar-refractivity contribution in [2.75, 3.05) is 20.8 Å². The highest BCUT2D eigenvalue weighted by Crippen LogP contribution is 2.45. The summed E-state index contributed by atoms with van der Waals surface area (Å²) >= 11 is 0. The molecule has 1 aromatic rings. The minimum absolute atomic E-state index is 0.0304. The van der Waals surface area contributed by atoms with E-state index in [1.165, 1.54) is 10.6 Å². The Morgan fingerprint density at radius 2 is 1.85 bits per heavy atom. The zero-order valence-electron chi connectivity index (χ0n) is 13.1. The summed E-state index contributed by atoms with van der Waals surface area (Å²) in [7, 11) is 3.30. The third kappa shape index (κ3) is 2.50. The second-order valence-electron chi connectivity index (χ2n) is 6.08. The predicted octanol–water partition coefficient (Wildman–Crippen LogP) is 3.53. The quantitative estimate of drug-likeness (QED) is 0.915. The summed E-state index contributed by atoms with van der Waals surface area (Å²) in [6.07, 6.45) is 1.95. The molecule has 4 nitrogen and oxygen atoms in total. The van der Waals surface area contributed by atoms with Crippen LogP contribution in [0.3, 0.4) is 0 Å². The zero-order valence-corrected chi connectivity index (χ0v) is 13.1. The summed E-state index contributed by atoms with van der Waals surface area (Å²) in [6, 6.07) is 4.10. The van der Waals surface area contributed by atoms with Crippen LogP contribution < -0.4 is 9.47 Å². The van der Waals surface area contributed by atoms with Crippen LogP contribution in [0, 0.1) is 0 Å². The number of ether oxygens (including phenoxy) is 2. The fourth-order valence-corrected chi connectivity index (χ4v) is 3.10. The molecular formula is C16H25NO3. The molecule has 1 heterocycles. The van der Waals surface area contributed by atoms with Crippen molar-refractivity contribution in [1.82, 2.24) is 5.06 Å². The fourth-order valence-electron chi connectivity index (χ4n) is 3.10. The van der Waals surface area contributed by atoms with E-state index in [1.807, 2.05) is 6.07 Å². The first kappa shape index (κ1) is 15.1. The van der Waals surface area contributed by atoms with Crippen LogP contribution in [-0.2, 0) is 5.41 Å². The lowest BCUT2D eigenvalue weighted by molar-refractivity contribution is -0.149. The largest absolute Gasteiger partial charge is 0.493 e. The first-order valence-corrected chi connectivity index (χ1v) is 7.16. The molecule has 1 aliphatic heterocycles. The standard InChI is InChI=1S/C16H25NO3/c1-6-7-13-11-8-14(19-4)15(20-5)9-12(11)16(2,3)10-17(13)18/h8-9,13,18H,6-7,10H2,1-5H3/t13-/m0/s1. The molecule has 112 valence electrons. The molecule has 20 heavy (non-hydrogen) atoms. The number of hydroxylamine groups is 2. The van der Waals surface area contributed by atoms with Crippen molar-refractivity contribution in [2.24, 2.45) is 0 Å². The molecule has 0 spiro atoms. The summed E-state index contributed by atoms with van der Waals surface area (Å²) in [6.45, 7) is 7.04. The van der Waals surface area contributed by atoms with Crippen molar-refractivity contribution in [3.8, 4) is 11.5 Å². The van der Waals surface area contributed by atoms with Gasteiger partial charge in [-0.05, 0) is 29.7 Å². The maximum Gasteiger partial charge on any atom is 0.161 e. The van der Waals surface area contributed by atoms with Gasteiger partial charge < -0.3 is 14.7 Å². The summed E-state index contributed by atoms with van der Waals surface area (Å²) in [4.78, 5) is 0. The summed E-state index contributed by atoms with van der Waals surface area (Å²) in [5, 5.41) is 11.8. The number of nitrogens with zero attached hydrogens (tertiary/aromatic N) is 1. The first-order chi connectivity index (χ1) is 9.44. The maximum absolute atomic E-state index is 10.3. The molecular weight excluding hydrogens is 254 g/mol. The average molecular weight is 279 g/mol. The normalized spacial score (nSPS) is 21.4. The van der Waals surface area contributed by atoms with Crippen LogP contribution in [0.2, 0.25) is 0 Å². The van der Waals surface area contributed by atoms with Gasteiger partial charge in [-0.3, -0.25) is 0 Å². The lowest BCUT2D eigenvalue weighted by atomic mass is 9.75. The van der Waals surface area contributed by atoms with E-state index in [2.05, 4.69) is 26.8 Å². The minimum Gasteiger partial charge on any atom is -0.493 e. The molecule has 0 unspecified atom stereocenters. The van der Waals surface area contributed by atoms with Gasteiger partial charge in [0.05, 0.1) is 20.3 Å². The third-order valence-corrected chi connectivity index (χ3v) is 4.12. The Labute approximate surface area is 121 Å². The number of hydrogen-bond donors (Lipinski definition) is 1. The fraction of sp³-hybridized carbons (Fsp3) is 0.625. The van der Waals surface area contributed by atoms with E-state index < -0.39 is 0 Å². The van der Waals surface area contributed by atoms with Gasteiger partial charge in [0.2, 0.25) is 0 Å². The Balaban J connectivity index is 2.60. The second-order valence-corrected chi connectivity index (χ2v) is 6.08. The van der Waals surface area contributed by atoms with Gasteiger partial charge in [0.25, 0.3) is 0 Å². The van der Waals surface area contributed by atoms with Gasteiger partial charge in [-0.2, -0.15) is 5.06 Å². The van der Waals surface area contributed by atoms with E-state index in [9.17, 15) is 5.21 Å². The number of benzene rings is 1. The monoisotopic (exact) mass is 279 g/mol. The molecule has 1 aliphatic rings. The van der Waals surface area contributed by atoms with E-state index in [-0.39, 0.29) is 11.5 Å². The van der Waals surface area contributed by atoms with Crippen molar-refractivity contribution in [2.45, 2.75) is 45.1 Å². The van der Waals surface area contributed by atoms with Crippen molar-refractivity contribution in [3.63, 3.8) is 0 Å². The van der Waals surface area contributed by atoms with E-state index in [4.69, 9.17) is 9.47 Å². The molecule has 0 saturated carbocycles. The third-order valence-electron chi connectivity index (χ3n) is 4.12. The molecule has 2 rings (SSSR count). The predicted molar refractivity (Wildman–Crippen MR) is 78.7 cm³/mol. The second kappa shape index (κ2) is 5.62. The van der Waals surface area contributed by atoms with Gasteiger partial charge in [0.1, 0.15) is 0 Å². The highest BCUT2D eigenvalue weighted by molar-refractivity contribution is 5.51. The highest BCUT2D eigenvalue weighted by atomic mass is 16.5. The van der Waals surface area contributed by atoms with Crippen LogP contribution in [0.25, 0.3) is 0 Å². The molecule has 0 bridgehead atoms. The van der Waals surface area contributed by atoms with Crippen LogP contribution in [0.15, 0.2) is 12.1 Å². The van der Waals surface area contributed by atoms with Crippen molar-refractivity contribution in [3.05, 3.63) is 23.3 Å². The summed E-state index contributed by atoms with van der Waals surface area (Å²) in [5.41, 5.74) is 2.26. The lowest BCUT2D eigenvalue weighted by Gasteiger charge is -2.42. The Morgan fingerprint density at radius 3 is 2.40 bits per heavy atom. The highest BCUT2D eigenvalue weighted by Gasteiger charge is 2.38. The first-order valence-electron chi connectivity index (χ1n) is 7.16. The Hall–Kier alpha value is -1.26. The SMILES string of the molecule is CCC[C@H]1c2cc(OC)c(OC)cc2C(C)(C)CN1O. The van der Waals surface area contributed by atoms with E-state index in [0.717, 1.165) is 29.9 Å². The van der Waals surface area contributed by atoms with Crippen molar-refractivity contribution in [1.29, 1.82) is 0 Å². The van der Waals surface area contributed by atoms with Gasteiger partial charge in [0.15, 0.2) is 11.5 Å². The Kier molecular flexibility index (Phi) is 4.25. The molecule has 0 radical (unpaired) electrons. The molecule has 0 saturated heterocycles. The number of fused-ring (bicyclic) bond motifs is 1. The van der Waals surface area contributed by atoms with E-state index >= 15 is 0 Å². The summed E-state index contributed by atoms with van der Waals surface area (Å²) in [5.74, 6) is 1.47. The topological polar surface area (TPSA) is 41.9 Å². The van der Waals surface area contributed by atoms with Crippen LogP contribution >= 0.6 is 0 Å². The van der Waals surface area contributed by atoms with E-state index in [1.54, 1.807) is 14.2 Å². The van der Waals surface area contributed by atoms with Crippen LogP contribution in [0.5, 0.6) is 11.5 Å². The molecule has 1 N–H and O–H groups in total. The molecule has 4 heteroatoms. The van der Waals surface area contributed by atoms with Gasteiger partial charge in [-0.25, -0.2) is 0 Å². The van der Waals surface area contributed by atoms with Crippen LogP contribution in [0.4, 0.5) is 0 Å².